The molecule has 3 nitrogen and oxygen atoms in total. The number of anilines is 1. The van der Waals surface area contributed by atoms with Crippen LogP contribution in [0.5, 0.6) is 5.75 Å². The predicted octanol–water partition coefficient (Wildman–Crippen LogP) is 6.35. The summed E-state index contributed by atoms with van der Waals surface area (Å²) in [5.74, 6) is 1.58. The van der Waals surface area contributed by atoms with Gasteiger partial charge in [-0.1, -0.05) is 61.9 Å². The van der Waals surface area contributed by atoms with E-state index in [1.165, 1.54) is 22.3 Å². The Hall–Kier alpha value is -3.07. The van der Waals surface area contributed by atoms with E-state index in [2.05, 4.69) is 60.8 Å². The van der Waals surface area contributed by atoms with Gasteiger partial charge in [0.25, 0.3) is 0 Å². The first-order valence-corrected chi connectivity index (χ1v) is 11.4. The molecule has 3 aliphatic carbocycles. The lowest BCUT2D eigenvalue weighted by atomic mass is 9.53. The summed E-state index contributed by atoms with van der Waals surface area (Å²) < 4.78 is 5.54. The van der Waals surface area contributed by atoms with Gasteiger partial charge in [0.05, 0.1) is 12.5 Å². The zero-order valence-corrected chi connectivity index (χ0v) is 18.2. The van der Waals surface area contributed by atoms with Crippen LogP contribution in [-0.4, -0.2) is 12.5 Å². The average Bonchev–Trinajstić information content (AvgIpc) is 2.80. The second-order valence-electron chi connectivity index (χ2n) is 8.64. The molecular formula is C28H29NO2. The van der Waals surface area contributed by atoms with Crippen molar-refractivity contribution in [2.24, 2.45) is 11.8 Å². The van der Waals surface area contributed by atoms with Gasteiger partial charge in [0.15, 0.2) is 0 Å². The van der Waals surface area contributed by atoms with E-state index in [-0.39, 0.29) is 23.7 Å². The van der Waals surface area contributed by atoms with Crippen molar-refractivity contribution in [1.82, 2.24) is 0 Å². The lowest BCUT2D eigenvalue weighted by Crippen LogP contribution is -2.45. The van der Waals surface area contributed by atoms with Gasteiger partial charge in [0.1, 0.15) is 5.75 Å². The van der Waals surface area contributed by atoms with Crippen LogP contribution in [0, 0.1) is 11.8 Å². The molecule has 2 atom stereocenters. The van der Waals surface area contributed by atoms with Crippen LogP contribution < -0.4 is 10.1 Å². The molecule has 0 saturated heterocycles. The highest BCUT2D eigenvalue weighted by Gasteiger charge is 2.51. The van der Waals surface area contributed by atoms with Crippen LogP contribution in [0.3, 0.4) is 0 Å². The van der Waals surface area contributed by atoms with Crippen LogP contribution in [0.1, 0.15) is 60.8 Å². The van der Waals surface area contributed by atoms with Gasteiger partial charge in [-0.05, 0) is 65.8 Å². The molecule has 0 unspecified atom stereocenters. The van der Waals surface area contributed by atoms with E-state index in [4.69, 9.17) is 4.74 Å². The fourth-order valence-corrected chi connectivity index (χ4v) is 5.84. The topological polar surface area (TPSA) is 38.3 Å². The molecule has 3 aromatic rings. The predicted molar refractivity (Wildman–Crippen MR) is 125 cm³/mol. The minimum atomic E-state index is -0.0682. The number of amides is 1. The third kappa shape index (κ3) is 3.33. The van der Waals surface area contributed by atoms with E-state index >= 15 is 0 Å². The highest BCUT2D eigenvalue weighted by Crippen LogP contribution is 2.59. The second kappa shape index (κ2) is 8.22. The molecule has 0 radical (unpaired) electrons. The van der Waals surface area contributed by atoms with Gasteiger partial charge < -0.3 is 10.1 Å². The number of hydrogen-bond acceptors (Lipinski definition) is 2. The fourth-order valence-electron chi connectivity index (χ4n) is 5.84. The van der Waals surface area contributed by atoms with Gasteiger partial charge >= 0.3 is 0 Å². The van der Waals surface area contributed by atoms with E-state index < -0.39 is 0 Å². The Morgan fingerprint density at radius 1 is 0.806 bits per heavy atom. The van der Waals surface area contributed by atoms with Gasteiger partial charge in [0.2, 0.25) is 5.91 Å². The SMILES string of the molecule is CCC[C@H]1C2c3ccccc3C(c3ccccc32)[C@H]1C(=O)Nc1ccc(OCC)cc1. The summed E-state index contributed by atoms with van der Waals surface area (Å²) in [6.07, 6.45) is 2.12. The number of nitrogens with one attached hydrogen (secondary N) is 1. The van der Waals surface area contributed by atoms with Gasteiger partial charge in [-0.3, -0.25) is 4.79 Å². The van der Waals surface area contributed by atoms with E-state index in [0.717, 1.165) is 24.3 Å². The first-order valence-electron chi connectivity index (χ1n) is 11.4. The standard InChI is InChI=1S/C28H29NO2/c1-3-9-24-25-20-10-5-7-12-22(20)26(23-13-8-6-11-21(23)25)27(24)28(30)29-18-14-16-19(17-15-18)31-4-2/h5-8,10-17,24-27H,3-4,9H2,1-2H3,(H,29,30)/t24-,25?,26?,27-/m0/s1. The highest BCUT2D eigenvalue weighted by molar-refractivity contribution is 5.95. The number of fused-ring (bicyclic) bond motifs is 1. The Labute approximate surface area is 184 Å². The Bertz CT molecular complexity index is 1040. The maximum absolute atomic E-state index is 13.7. The molecule has 2 bridgehead atoms. The van der Waals surface area contributed by atoms with Crippen molar-refractivity contribution >= 4 is 11.6 Å². The maximum atomic E-state index is 13.7. The third-order valence-electron chi connectivity index (χ3n) is 6.94. The molecule has 3 heteroatoms. The van der Waals surface area contributed by atoms with Crippen LogP contribution in [0.15, 0.2) is 72.8 Å². The van der Waals surface area contributed by atoms with Crippen molar-refractivity contribution in [1.29, 1.82) is 0 Å². The van der Waals surface area contributed by atoms with Crippen molar-refractivity contribution in [3.05, 3.63) is 95.1 Å². The van der Waals surface area contributed by atoms with Gasteiger partial charge in [-0.2, -0.15) is 0 Å². The van der Waals surface area contributed by atoms with Crippen molar-refractivity contribution in [2.75, 3.05) is 11.9 Å². The van der Waals surface area contributed by atoms with Crippen LogP contribution in [0.4, 0.5) is 5.69 Å². The summed E-state index contributed by atoms with van der Waals surface area (Å²) >= 11 is 0. The molecule has 0 saturated carbocycles. The van der Waals surface area contributed by atoms with E-state index in [1.807, 2.05) is 31.2 Å². The fraction of sp³-hybridized carbons (Fsp3) is 0.321. The largest absolute Gasteiger partial charge is 0.494 e. The number of carbonyl (C=O) groups excluding carboxylic acids is 1. The Balaban J connectivity index is 1.54. The molecule has 3 aliphatic rings. The zero-order chi connectivity index (χ0) is 21.4. The van der Waals surface area contributed by atoms with Crippen molar-refractivity contribution in [2.45, 2.75) is 38.5 Å². The number of ether oxygens (including phenoxy) is 1. The number of hydrogen-bond donors (Lipinski definition) is 1. The quantitative estimate of drug-likeness (QED) is 0.513. The van der Waals surface area contributed by atoms with Gasteiger partial charge in [-0.25, -0.2) is 0 Å². The summed E-state index contributed by atoms with van der Waals surface area (Å²) in [4.78, 5) is 13.7. The molecule has 0 fully saturated rings. The van der Waals surface area contributed by atoms with E-state index in [1.54, 1.807) is 0 Å². The second-order valence-corrected chi connectivity index (χ2v) is 8.64. The zero-order valence-electron chi connectivity index (χ0n) is 18.2. The van der Waals surface area contributed by atoms with Crippen molar-refractivity contribution in [3.63, 3.8) is 0 Å². The Morgan fingerprint density at radius 2 is 1.35 bits per heavy atom. The number of benzene rings is 3. The van der Waals surface area contributed by atoms with Crippen LogP contribution in [0.25, 0.3) is 0 Å². The van der Waals surface area contributed by atoms with E-state index in [0.29, 0.717) is 12.5 Å². The monoisotopic (exact) mass is 411 g/mol. The van der Waals surface area contributed by atoms with E-state index in [9.17, 15) is 4.79 Å². The molecule has 0 aliphatic heterocycles. The Kier molecular flexibility index (Phi) is 5.27. The molecule has 6 rings (SSSR count). The average molecular weight is 412 g/mol. The first-order chi connectivity index (χ1) is 15.2. The number of carbonyl (C=O) groups is 1. The smallest absolute Gasteiger partial charge is 0.228 e. The summed E-state index contributed by atoms with van der Waals surface area (Å²) in [5, 5.41) is 3.22. The third-order valence-corrected chi connectivity index (χ3v) is 6.94. The molecule has 158 valence electrons. The maximum Gasteiger partial charge on any atom is 0.228 e. The summed E-state index contributed by atoms with van der Waals surface area (Å²) in [6, 6.07) is 25.2. The van der Waals surface area contributed by atoms with Crippen LogP contribution in [0.2, 0.25) is 0 Å². The van der Waals surface area contributed by atoms with Gasteiger partial charge in [0, 0.05) is 17.5 Å². The first kappa shape index (κ1) is 19.9. The summed E-state index contributed by atoms with van der Waals surface area (Å²) in [5.41, 5.74) is 6.30. The van der Waals surface area contributed by atoms with Crippen LogP contribution in [-0.2, 0) is 4.79 Å². The van der Waals surface area contributed by atoms with Gasteiger partial charge in [-0.15, -0.1) is 0 Å². The molecule has 1 amide bonds. The summed E-state index contributed by atoms with van der Waals surface area (Å²) in [6.45, 7) is 4.83. The lowest BCUT2D eigenvalue weighted by Gasteiger charge is -2.50. The minimum absolute atomic E-state index is 0.0682. The Morgan fingerprint density at radius 3 is 1.87 bits per heavy atom. The van der Waals surface area contributed by atoms with Crippen molar-refractivity contribution in [3.8, 4) is 5.75 Å². The molecule has 0 heterocycles. The number of rotatable bonds is 6. The molecular weight excluding hydrogens is 382 g/mol. The normalized spacial score (nSPS) is 23.0. The van der Waals surface area contributed by atoms with Crippen molar-refractivity contribution < 1.29 is 9.53 Å². The van der Waals surface area contributed by atoms with Crippen LogP contribution >= 0.6 is 0 Å². The molecule has 31 heavy (non-hydrogen) atoms. The molecule has 0 aromatic heterocycles. The summed E-state index contributed by atoms with van der Waals surface area (Å²) in [7, 11) is 0. The molecule has 3 aromatic carbocycles. The molecule has 0 spiro atoms. The lowest BCUT2D eigenvalue weighted by molar-refractivity contribution is -0.123. The molecule has 1 N–H and O–H groups in total. The highest BCUT2D eigenvalue weighted by atomic mass is 16.5. The minimum Gasteiger partial charge on any atom is -0.494 e.